The number of ether oxygens (including phenoxy) is 4. The third-order valence-electron chi connectivity index (χ3n) is 9.69. The van der Waals surface area contributed by atoms with Gasteiger partial charge in [0.1, 0.15) is 35.4 Å². The van der Waals surface area contributed by atoms with Crippen LogP contribution in [0, 0.1) is 5.41 Å². The molecule has 53 heavy (non-hydrogen) atoms. The first-order valence-electron chi connectivity index (χ1n) is 19.9. The molecule has 2 aliphatic rings. The number of nitrogens with one attached hydrogen (secondary N) is 3. The number of hydrogen-bond acceptors (Lipinski definition) is 11. The second-order valence-corrected chi connectivity index (χ2v) is 15.6. The third kappa shape index (κ3) is 19.1. The van der Waals surface area contributed by atoms with Crippen molar-refractivity contribution in [2.24, 2.45) is 5.41 Å². The number of carbonyl (C=O) groups is 5. The van der Waals surface area contributed by atoms with E-state index in [4.69, 9.17) is 18.9 Å². The van der Waals surface area contributed by atoms with E-state index in [1.165, 1.54) is 26.2 Å². The van der Waals surface area contributed by atoms with Crippen LogP contribution in [0.1, 0.15) is 137 Å². The van der Waals surface area contributed by atoms with E-state index in [1.807, 2.05) is 20.8 Å². The summed E-state index contributed by atoms with van der Waals surface area (Å²) in [5.41, 5.74) is -1.44. The van der Waals surface area contributed by atoms with E-state index in [0.717, 1.165) is 32.1 Å². The van der Waals surface area contributed by atoms with Crippen LogP contribution < -0.4 is 16.0 Å². The molecule has 0 spiro atoms. The van der Waals surface area contributed by atoms with Crippen molar-refractivity contribution in [3.05, 3.63) is 0 Å². The van der Waals surface area contributed by atoms with Gasteiger partial charge in [-0.05, 0) is 38.5 Å². The summed E-state index contributed by atoms with van der Waals surface area (Å²) >= 11 is 0. The van der Waals surface area contributed by atoms with E-state index >= 15 is 0 Å². The van der Waals surface area contributed by atoms with Gasteiger partial charge >= 0.3 is 0 Å². The van der Waals surface area contributed by atoms with Gasteiger partial charge in [-0.2, -0.15) is 0 Å². The predicted octanol–water partition coefficient (Wildman–Crippen LogP) is 3.42. The maximum Gasteiger partial charge on any atom is 0.222 e. The Balaban J connectivity index is 1.33. The Bertz CT molecular complexity index is 1110. The Morgan fingerprint density at radius 2 is 1.26 bits per heavy atom. The second-order valence-electron chi connectivity index (χ2n) is 15.6. The zero-order valence-corrected chi connectivity index (χ0v) is 32.8. The van der Waals surface area contributed by atoms with Crippen LogP contribution in [-0.4, -0.2) is 116 Å². The SMILES string of the molecule is CC(=O)N[C@H]1[C@H]2OC[C@](COCCCCC(=O)NCCCNC(=O)CCOCCCC(=O)CCCCCCCCCCC(=O)C(C)(C)C)(O2)[C@H](O)[C@@H]1O. The number of Topliss-reactive ketones (excluding diaryl/α,β-unsaturated/α-hetero) is 2. The van der Waals surface area contributed by atoms with Crippen LogP contribution in [0.3, 0.4) is 0 Å². The summed E-state index contributed by atoms with van der Waals surface area (Å²) in [4.78, 5) is 59.6. The Labute approximate surface area is 316 Å². The fourth-order valence-corrected chi connectivity index (χ4v) is 6.33. The average molecular weight is 756 g/mol. The molecule has 0 aliphatic carbocycles. The molecule has 14 nitrogen and oxygen atoms in total. The lowest BCUT2D eigenvalue weighted by Gasteiger charge is -2.42. The zero-order chi connectivity index (χ0) is 39.1. The van der Waals surface area contributed by atoms with E-state index < -0.39 is 30.1 Å². The number of fused-ring (bicyclic) bond motifs is 2. The minimum absolute atomic E-state index is 0.00678. The van der Waals surface area contributed by atoms with Crippen LogP contribution in [-0.2, 0) is 42.9 Å². The summed E-state index contributed by atoms with van der Waals surface area (Å²) in [5, 5.41) is 29.2. The van der Waals surface area contributed by atoms with Crippen molar-refractivity contribution in [1.29, 1.82) is 0 Å². The number of unbranched alkanes of at least 4 members (excludes halogenated alkanes) is 8. The number of rotatable bonds is 30. The molecule has 5 atom stereocenters. The Kier molecular flexibility index (Phi) is 22.5. The predicted molar refractivity (Wildman–Crippen MR) is 199 cm³/mol. The molecule has 2 saturated heterocycles. The largest absolute Gasteiger partial charge is 0.388 e. The molecule has 0 unspecified atom stereocenters. The number of carbonyl (C=O) groups excluding carboxylic acids is 5. The van der Waals surface area contributed by atoms with Gasteiger partial charge in [0.15, 0.2) is 6.29 Å². The van der Waals surface area contributed by atoms with Crippen LogP contribution in [0.4, 0.5) is 0 Å². The minimum atomic E-state index is -1.29. The van der Waals surface area contributed by atoms with Crippen molar-refractivity contribution in [3.8, 4) is 0 Å². The summed E-state index contributed by atoms with van der Waals surface area (Å²) in [5.74, 6) is 0.0441. The normalized spacial score (nSPS) is 22.4. The lowest BCUT2D eigenvalue weighted by Crippen LogP contribution is -2.66. The lowest BCUT2D eigenvalue weighted by atomic mass is 9.88. The van der Waals surface area contributed by atoms with Crippen molar-refractivity contribution in [2.75, 3.05) is 46.1 Å². The van der Waals surface area contributed by atoms with Gasteiger partial charge in [-0.15, -0.1) is 0 Å². The van der Waals surface area contributed by atoms with Gasteiger partial charge in [0, 0.05) is 70.7 Å². The van der Waals surface area contributed by atoms with E-state index in [9.17, 15) is 34.2 Å². The molecule has 3 amide bonds. The smallest absolute Gasteiger partial charge is 0.222 e. The monoisotopic (exact) mass is 755 g/mol. The van der Waals surface area contributed by atoms with Crippen LogP contribution in [0.5, 0.6) is 0 Å². The molecule has 5 N–H and O–H groups in total. The first-order chi connectivity index (χ1) is 25.2. The molecule has 2 fully saturated rings. The number of aliphatic hydroxyl groups is 2. The van der Waals surface area contributed by atoms with Crippen molar-refractivity contribution in [3.63, 3.8) is 0 Å². The lowest BCUT2D eigenvalue weighted by molar-refractivity contribution is -0.237. The molecule has 306 valence electrons. The molecule has 0 saturated carbocycles. The summed E-state index contributed by atoms with van der Waals surface area (Å²) in [6, 6.07) is -0.866. The number of hydrogen-bond donors (Lipinski definition) is 5. The summed E-state index contributed by atoms with van der Waals surface area (Å²) in [7, 11) is 0. The van der Waals surface area contributed by atoms with Crippen molar-refractivity contribution in [2.45, 2.75) is 167 Å². The van der Waals surface area contributed by atoms with Crippen molar-refractivity contribution < 1.29 is 53.1 Å². The van der Waals surface area contributed by atoms with Gasteiger partial charge in [0.25, 0.3) is 0 Å². The minimum Gasteiger partial charge on any atom is -0.388 e. The van der Waals surface area contributed by atoms with Gasteiger partial charge in [-0.3, -0.25) is 24.0 Å². The molecule has 2 bridgehead atoms. The second kappa shape index (κ2) is 25.6. The van der Waals surface area contributed by atoms with Crippen LogP contribution in [0.2, 0.25) is 0 Å². The van der Waals surface area contributed by atoms with Gasteiger partial charge in [-0.25, -0.2) is 0 Å². The molecule has 0 aromatic heterocycles. The van der Waals surface area contributed by atoms with Crippen molar-refractivity contribution in [1.82, 2.24) is 16.0 Å². The first-order valence-corrected chi connectivity index (χ1v) is 19.9. The third-order valence-corrected chi connectivity index (χ3v) is 9.69. The molecule has 2 aliphatic heterocycles. The maximum absolute atomic E-state index is 12.1. The van der Waals surface area contributed by atoms with Crippen molar-refractivity contribution >= 4 is 29.3 Å². The number of ketones is 2. The Hall–Kier alpha value is -2.49. The fraction of sp³-hybridized carbons (Fsp3) is 0.872. The van der Waals surface area contributed by atoms with Crippen LogP contribution >= 0.6 is 0 Å². The van der Waals surface area contributed by atoms with Gasteiger partial charge in [0.2, 0.25) is 17.7 Å². The molecule has 0 aromatic rings. The zero-order valence-electron chi connectivity index (χ0n) is 32.8. The Morgan fingerprint density at radius 3 is 1.91 bits per heavy atom. The molecule has 0 aromatic carbocycles. The highest BCUT2D eigenvalue weighted by molar-refractivity contribution is 5.83. The Morgan fingerprint density at radius 1 is 0.698 bits per heavy atom. The number of amides is 3. The van der Waals surface area contributed by atoms with Gasteiger partial charge in [0.05, 0.1) is 19.8 Å². The maximum atomic E-state index is 12.1. The summed E-state index contributed by atoms with van der Waals surface area (Å²) in [6.45, 7) is 9.27. The average Bonchev–Trinajstić information content (AvgIpc) is 3.51. The summed E-state index contributed by atoms with van der Waals surface area (Å²) in [6.07, 6.45) is 10.2. The molecule has 14 heteroatoms. The molecular formula is C39H69N3O11. The van der Waals surface area contributed by atoms with Gasteiger partial charge < -0.3 is 45.1 Å². The van der Waals surface area contributed by atoms with E-state index in [-0.39, 0.29) is 48.6 Å². The molecule has 2 heterocycles. The molecular weight excluding hydrogens is 686 g/mol. The standard InChI is InChI=1S/C39H69N3O11/c1-29(43)42-34-35(48)36(49)39(28-52-37(34)53-39)27-51-24-14-13-20-32(46)40-22-16-23-41-33(47)21-26-50-25-15-18-30(44)17-11-9-7-5-6-8-10-12-19-31(45)38(2,3)4/h34-37,48-49H,5-28H2,1-4H3,(H,40,46)(H,41,47)(H,42,43)/t34-,35-,36-,37+,39+/m1/s1. The van der Waals surface area contributed by atoms with Crippen LogP contribution in [0.25, 0.3) is 0 Å². The van der Waals surface area contributed by atoms with E-state index in [0.29, 0.717) is 90.1 Å². The highest BCUT2D eigenvalue weighted by atomic mass is 16.7. The fourth-order valence-electron chi connectivity index (χ4n) is 6.33. The molecule has 0 radical (unpaired) electrons. The van der Waals surface area contributed by atoms with Gasteiger partial charge in [-0.1, -0.05) is 59.3 Å². The van der Waals surface area contributed by atoms with E-state index in [1.54, 1.807) is 0 Å². The highest BCUT2D eigenvalue weighted by Crippen LogP contribution is 2.37. The van der Waals surface area contributed by atoms with E-state index in [2.05, 4.69) is 16.0 Å². The topological polar surface area (TPSA) is 199 Å². The highest BCUT2D eigenvalue weighted by Gasteiger charge is 2.59. The number of aliphatic hydroxyl groups excluding tert-OH is 2. The quantitative estimate of drug-likeness (QED) is 0.0674. The van der Waals surface area contributed by atoms with Crippen LogP contribution in [0.15, 0.2) is 0 Å². The summed E-state index contributed by atoms with van der Waals surface area (Å²) < 4.78 is 22.6. The molecule has 2 rings (SSSR count). The first kappa shape index (κ1) is 46.7.